The Kier molecular flexibility index (Phi) is 4.38. The van der Waals surface area contributed by atoms with Gasteiger partial charge >= 0.3 is 6.18 Å². The van der Waals surface area contributed by atoms with E-state index in [9.17, 15) is 22.0 Å². The van der Waals surface area contributed by atoms with Crippen LogP contribution in [0.2, 0.25) is 5.15 Å². The summed E-state index contributed by atoms with van der Waals surface area (Å²) in [5, 5.41) is -0.417. The maximum absolute atomic E-state index is 13.6. The van der Waals surface area contributed by atoms with Crippen molar-refractivity contribution in [3.8, 4) is 11.4 Å². The van der Waals surface area contributed by atoms with Crippen LogP contribution in [0.5, 0.6) is 0 Å². The highest BCUT2D eigenvalue weighted by atomic mass is 35.5. The summed E-state index contributed by atoms with van der Waals surface area (Å²) in [7, 11) is 0. The molecule has 0 aliphatic carbocycles. The summed E-state index contributed by atoms with van der Waals surface area (Å²) >= 11 is 5.48. The molecule has 3 rings (SSSR count). The lowest BCUT2D eigenvalue weighted by Gasteiger charge is -2.07. The quantitative estimate of drug-likeness (QED) is 0.517. The van der Waals surface area contributed by atoms with Gasteiger partial charge in [0.05, 0.1) is 18.9 Å². The Labute approximate surface area is 142 Å². The van der Waals surface area contributed by atoms with Crippen LogP contribution in [0.3, 0.4) is 0 Å². The summed E-state index contributed by atoms with van der Waals surface area (Å²) in [6.07, 6.45) is -1.12. The van der Waals surface area contributed by atoms with Crippen LogP contribution in [0.4, 0.5) is 22.0 Å². The van der Waals surface area contributed by atoms with Crippen molar-refractivity contribution in [2.45, 2.75) is 12.7 Å². The molecule has 3 aromatic heterocycles. The molecular formula is C14H7ClF5N5. The minimum absolute atomic E-state index is 0.0143. The lowest BCUT2D eigenvalue weighted by Crippen LogP contribution is -2.06. The second-order valence-corrected chi connectivity index (χ2v) is 5.25. The summed E-state index contributed by atoms with van der Waals surface area (Å²) in [5.41, 5.74) is -1.19. The molecule has 0 N–H and O–H groups in total. The van der Waals surface area contributed by atoms with Gasteiger partial charge < -0.3 is 4.57 Å². The Morgan fingerprint density at radius 3 is 2.32 bits per heavy atom. The number of rotatable bonds is 3. The number of imidazole rings is 1. The van der Waals surface area contributed by atoms with E-state index in [2.05, 4.69) is 19.9 Å². The van der Waals surface area contributed by atoms with Gasteiger partial charge in [0.1, 0.15) is 11.6 Å². The molecule has 5 nitrogen and oxygen atoms in total. The zero-order valence-electron chi connectivity index (χ0n) is 12.1. The van der Waals surface area contributed by atoms with Crippen molar-refractivity contribution in [3.63, 3.8) is 0 Å². The summed E-state index contributed by atoms with van der Waals surface area (Å²) in [5.74, 6) is -1.74. The Morgan fingerprint density at radius 2 is 1.72 bits per heavy atom. The monoisotopic (exact) mass is 375 g/mol. The van der Waals surface area contributed by atoms with E-state index in [0.29, 0.717) is 0 Å². The first-order valence-electron chi connectivity index (χ1n) is 6.66. The summed E-state index contributed by atoms with van der Waals surface area (Å²) in [6.45, 7) is -0.233. The first kappa shape index (κ1) is 17.2. The van der Waals surface area contributed by atoms with Crippen molar-refractivity contribution in [2.75, 3.05) is 0 Å². The second-order valence-electron chi connectivity index (χ2n) is 4.89. The number of halogens is 6. The SMILES string of the molecule is Fc1cnc(Cn2cc(C(F)(F)F)nc2-c2cnc(Cl)c(F)c2)nc1. The zero-order chi connectivity index (χ0) is 18.2. The summed E-state index contributed by atoms with van der Waals surface area (Å²) in [4.78, 5) is 14.4. The third kappa shape index (κ3) is 3.73. The van der Waals surface area contributed by atoms with Crippen LogP contribution >= 0.6 is 11.6 Å². The fraction of sp³-hybridized carbons (Fsp3) is 0.143. The molecule has 0 unspecified atom stereocenters. The molecule has 11 heteroatoms. The largest absolute Gasteiger partial charge is 0.434 e. The Bertz CT molecular complexity index is 907. The molecular weight excluding hydrogens is 369 g/mol. The highest BCUT2D eigenvalue weighted by Gasteiger charge is 2.35. The number of alkyl halides is 3. The minimum atomic E-state index is -4.71. The molecule has 3 aromatic rings. The maximum atomic E-state index is 13.6. The van der Waals surface area contributed by atoms with Gasteiger partial charge in [-0.05, 0) is 6.07 Å². The molecule has 3 heterocycles. The molecule has 0 radical (unpaired) electrons. The Morgan fingerprint density at radius 1 is 1.04 bits per heavy atom. The Hall–Kier alpha value is -2.62. The van der Waals surface area contributed by atoms with Gasteiger partial charge in [0.2, 0.25) is 0 Å². The first-order chi connectivity index (χ1) is 11.7. The van der Waals surface area contributed by atoms with Crippen molar-refractivity contribution < 1.29 is 22.0 Å². The van der Waals surface area contributed by atoms with Gasteiger partial charge in [0, 0.05) is 18.0 Å². The van der Waals surface area contributed by atoms with Crippen LogP contribution in [0.25, 0.3) is 11.4 Å². The summed E-state index contributed by atoms with van der Waals surface area (Å²) in [6, 6.07) is 0.917. The van der Waals surface area contributed by atoms with Crippen LogP contribution in [-0.4, -0.2) is 24.5 Å². The van der Waals surface area contributed by atoms with Gasteiger partial charge in [-0.3, -0.25) is 0 Å². The molecule has 0 fully saturated rings. The number of nitrogens with zero attached hydrogens (tertiary/aromatic N) is 5. The van der Waals surface area contributed by atoms with E-state index in [1.807, 2.05) is 0 Å². The van der Waals surface area contributed by atoms with E-state index >= 15 is 0 Å². The maximum Gasteiger partial charge on any atom is 0.434 e. The van der Waals surface area contributed by atoms with Crippen LogP contribution in [0.1, 0.15) is 11.5 Å². The molecule has 0 saturated carbocycles. The predicted molar refractivity (Wildman–Crippen MR) is 76.5 cm³/mol. The van der Waals surface area contributed by atoms with Crippen molar-refractivity contribution in [1.29, 1.82) is 0 Å². The Balaban J connectivity index is 2.07. The van der Waals surface area contributed by atoms with Crippen LogP contribution in [0, 0.1) is 11.6 Å². The van der Waals surface area contributed by atoms with Crippen LogP contribution < -0.4 is 0 Å². The molecule has 0 aliphatic rings. The highest BCUT2D eigenvalue weighted by Crippen LogP contribution is 2.31. The molecule has 0 amide bonds. The van der Waals surface area contributed by atoms with Gasteiger partial charge in [-0.15, -0.1) is 0 Å². The van der Waals surface area contributed by atoms with E-state index < -0.39 is 28.7 Å². The number of hydrogen-bond donors (Lipinski definition) is 0. The van der Waals surface area contributed by atoms with Crippen molar-refractivity contribution >= 4 is 11.6 Å². The summed E-state index contributed by atoms with van der Waals surface area (Å²) < 4.78 is 66.4. The lowest BCUT2D eigenvalue weighted by atomic mass is 10.2. The normalized spacial score (nSPS) is 11.8. The van der Waals surface area contributed by atoms with Crippen molar-refractivity contribution in [1.82, 2.24) is 24.5 Å². The molecule has 0 atom stereocenters. The average Bonchev–Trinajstić information content (AvgIpc) is 2.96. The van der Waals surface area contributed by atoms with E-state index in [1.54, 1.807) is 0 Å². The van der Waals surface area contributed by atoms with Gasteiger partial charge in [-0.2, -0.15) is 13.2 Å². The third-order valence-corrected chi connectivity index (χ3v) is 3.39. The average molecular weight is 376 g/mol. The van der Waals surface area contributed by atoms with Gasteiger partial charge in [0.25, 0.3) is 0 Å². The second kappa shape index (κ2) is 6.36. The predicted octanol–water partition coefficient (Wildman–Crippen LogP) is 3.73. The molecule has 0 spiro atoms. The number of hydrogen-bond acceptors (Lipinski definition) is 4. The van der Waals surface area contributed by atoms with E-state index in [0.717, 1.165) is 35.4 Å². The van der Waals surface area contributed by atoms with Crippen molar-refractivity contribution in [2.24, 2.45) is 0 Å². The fourth-order valence-corrected chi connectivity index (χ4v) is 2.12. The standard InChI is InChI=1S/C14H7ClF5N5/c15-12-9(17)1-7(2-23-12)13-24-10(14(18,19)20)5-25(13)6-11-21-3-8(16)4-22-11/h1-5H,6H2. The first-order valence-corrected chi connectivity index (χ1v) is 7.04. The molecule has 0 saturated heterocycles. The van der Waals surface area contributed by atoms with Crippen molar-refractivity contribution in [3.05, 3.63) is 59.2 Å². The zero-order valence-corrected chi connectivity index (χ0v) is 12.9. The van der Waals surface area contributed by atoms with E-state index in [1.165, 1.54) is 0 Å². The van der Waals surface area contributed by atoms with Crippen LogP contribution in [0.15, 0.2) is 30.9 Å². The molecule has 0 aliphatic heterocycles. The van der Waals surface area contributed by atoms with Gasteiger partial charge in [0.15, 0.2) is 22.5 Å². The lowest BCUT2D eigenvalue weighted by molar-refractivity contribution is -0.140. The van der Waals surface area contributed by atoms with E-state index in [4.69, 9.17) is 11.6 Å². The molecule has 0 aromatic carbocycles. The molecule has 25 heavy (non-hydrogen) atoms. The minimum Gasteiger partial charge on any atom is -0.323 e. The third-order valence-electron chi connectivity index (χ3n) is 3.11. The van der Waals surface area contributed by atoms with Gasteiger partial charge in [-0.25, -0.2) is 28.7 Å². The number of pyridine rings is 1. The number of aromatic nitrogens is 5. The molecule has 130 valence electrons. The highest BCUT2D eigenvalue weighted by molar-refractivity contribution is 6.29. The topological polar surface area (TPSA) is 56.5 Å². The van der Waals surface area contributed by atoms with E-state index in [-0.39, 0.29) is 23.8 Å². The molecule has 0 bridgehead atoms. The van der Waals surface area contributed by atoms with Gasteiger partial charge in [-0.1, -0.05) is 11.6 Å². The fourth-order valence-electron chi connectivity index (χ4n) is 2.02. The van der Waals surface area contributed by atoms with Crippen LogP contribution in [-0.2, 0) is 12.7 Å². The smallest absolute Gasteiger partial charge is 0.323 e.